The minimum absolute atomic E-state index is 0.194. The molecule has 170 valence electrons. The topological polar surface area (TPSA) is 66.7 Å². The highest BCUT2D eigenvalue weighted by atomic mass is 32.2. The third kappa shape index (κ3) is 5.17. The van der Waals surface area contributed by atoms with Crippen molar-refractivity contribution in [3.63, 3.8) is 0 Å². The monoisotopic (exact) mass is 478 g/mol. The predicted molar refractivity (Wildman–Crippen MR) is 139 cm³/mol. The van der Waals surface area contributed by atoms with Gasteiger partial charge in [0.2, 0.25) is 0 Å². The molecule has 0 radical (unpaired) electrons. The van der Waals surface area contributed by atoms with E-state index in [2.05, 4.69) is 17.2 Å². The van der Waals surface area contributed by atoms with E-state index in [1.807, 2.05) is 37.3 Å². The zero-order chi connectivity index (χ0) is 23.4. The maximum Gasteiger partial charge on any atom is 0.267 e. The number of thioether (sulfide) groups is 1. The van der Waals surface area contributed by atoms with E-state index in [4.69, 9.17) is 12.2 Å². The molecule has 0 spiro atoms. The molecule has 1 fully saturated rings. The van der Waals surface area contributed by atoms with Gasteiger partial charge in [-0.2, -0.15) is 0 Å². The van der Waals surface area contributed by atoms with E-state index in [0.717, 1.165) is 30.4 Å². The molecule has 1 amide bonds. The number of carbonyl (C=O) groups excluding carboxylic acids is 1. The smallest absolute Gasteiger partial charge is 0.267 e. The Labute approximate surface area is 202 Å². The number of nitrogens with zero attached hydrogens (tertiary/aromatic N) is 3. The van der Waals surface area contributed by atoms with Crippen molar-refractivity contribution in [1.29, 1.82) is 0 Å². The first-order valence-electron chi connectivity index (χ1n) is 11.0. The largest absolute Gasteiger partial charge is 0.369 e. The van der Waals surface area contributed by atoms with E-state index in [1.165, 1.54) is 16.2 Å². The SMILES string of the molecule is CCCCCNc1nc2ccccn2c(=O)c1/C=C1/SC(=S)N(Cc2ccc(C)cc2)C1=O. The maximum absolute atomic E-state index is 13.3. The third-order valence-electron chi connectivity index (χ3n) is 5.45. The Hall–Kier alpha value is -2.97. The Bertz CT molecular complexity index is 1280. The highest BCUT2D eigenvalue weighted by molar-refractivity contribution is 8.26. The lowest BCUT2D eigenvalue weighted by Crippen LogP contribution is -2.27. The fraction of sp³-hybridized carbons (Fsp3) is 0.280. The molecule has 6 nitrogen and oxygen atoms in total. The van der Waals surface area contributed by atoms with Gasteiger partial charge < -0.3 is 5.32 Å². The van der Waals surface area contributed by atoms with Crippen LogP contribution in [-0.4, -0.2) is 31.1 Å². The second-order valence-electron chi connectivity index (χ2n) is 8.00. The summed E-state index contributed by atoms with van der Waals surface area (Å²) in [4.78, 5) is 33.1. The van der Waals surface area contributed by atoms with Crippen LogP contribution in [0.1, 0.15) is 42.9 Å². The highest BCUT2D eigenvalue weighted by Crippen LogP contribution is 2.34. The average molecular weight is 479 g/mol. The first-order valence-corrected chi connectivity index (χ1v) is 12.3. The number of anilines is 1. The zero-order valence-electron chi connectivity index (χ0n) is 18.7. The van der Waals surface area contributed by atoms with Gasteiger partial charge in [-0.1, -0.05) is 79.6 Å². The number of fused-ring (bicyclic) bond motifs is 1. The molecule has 4 rings (SSSR count). The molecule has 1 N–H and O–H groups in total. The molecular weight excluding hydrogens is 452 g/mol. The molecule has 1 aliphatic heterocycles. The summed E-state index contributed by atoms with van der Waals surface area (Å²) in [6.07, 6.45) is 6.49. The van der Waals surface area contributed by atoms with Crippen molar-refractivity contribution in [2.24, 2.45) is 0 Å². The normalized spacial score (nSPS) is 15.1. The van der Waals surface area contributed by atoms with Crippen molar-refractivity contribution in [1.82, 2.24) is 14.3 Å². The number of benzene rings is 1. The van der Waals surface area contributed by atoms with Crippen LogP contribution in [0.4, 0.5) is 5.82 Å². The van der Waals surface area contributed by atoms with Crippen LogP contribution in [0.25, 0.3) is 11.7 Å². The Balaban J connectivity index is 1.67. The summed E-state index contributed by atoms with van der Waals surface area (Å²) in [5, 5.41) is 3.30. The highest BCUT2D eigenvalue weighted by Gasteiger charge is 2.32. The summed E-state index contributed by atoms with van der Waals surface area (Å²) in [6, 6.07) is 13.4. The number of thiocarbonyl (C=S) groups is 1. The van der Waals surface area contributed by atoms with E-state index in [9.17, 15) is 9.59 Å². The standard InChI is InChI=1S/C25H26N4O2S2/c1-3-4-6-13-26-22-19(23(30)28-14-7-5-8-21(28)27-22)15-20-24(31)29(25(32)33-20)16-18-11-9-17(2)10-12-18/h5,7-12,14-15,26H,3-4,6,13,16H2,1-2H3/b20-15+. The second kappa shape index (κ2) is 10.3. The fourth-order valence-corrected chi connectivity index (χ4v) is 4.83. The summed E-state index contributed by atoms with van der Waals surface area (Å²) in [6.45, 7) is 5.28. The van der Waals surface area contributed by atoms with E-state index >= 15 is 0 Å². The van der Waals surface area contributed by atoms with Gasteiger partial charge in [-0.05, 0) is 37.1 Å². The zero-order valence-corrected chi connectivity index (χ0v) is 20.3. The Kier molecular flexibility index (Phi) is 7.25. The van der Waals surface area contributed by atoms with Crippen LogP contribution in [-0.2, 0) is 11.3 Å². The van der Waals surface area contributed by atoms with E-state index < -0.39 is 0 Å². The van der Waals surface area contributed by atoms with Gasteiger partial charge >= 0.3 is 0 Å². The molecule has 8 heteroatoms. The Morgan fingerprint density at radius 1 is 1.12 bits per heavy atom. The molecule has 0 saturated carbocycles. The number of carbonyl (C=O) groups is 1. The summed E-state index contributed by atoms with van der Waals surface area (Å²) in [5.41, 5.74) is 2.87. The number of rotatable bonds is 8. The van der Waals surface area contributed by atoms with E-state index in [-0.39, 0.29) is 11.5 Å². The van der Waals surface area contributed by atoms with E-state index in [0.29, 0.717) is 39.3 Å². The molecule has 0 unspecified atom stereocenters. The van der Waals surface area contributed by atoms with Gasteiger partial charge in [0.1, 0.15) is 15.8 Å². The molecule has 33 heavy (non-hydrogen) atoms. The van der Waals surface area contributed by atoms with Gasteiger partial charge in [0, 0.05) is 12.7 Å². The molecule has 1 aliphatic rings. The molecule has 1 saturated heterocycles. The van der Waals surface area contributed by atoms with Crippen LogP contribution < -0.4 is 10.9 Å². The Morgan fingerprint density at radius 3 is 2.67 bits per heavy atom. The number of nitrogens with one attached hydrogen (secondary N) is 1. The second-order valence-corrected chi connectivity index (χ2v) is 9.67. The molecule has 0 bridgehead atoms. The molecule has 2 aromatic heterocycles. The molecule has 0 aliphatic carbocycles. The lowest BCUT2D eigenvalue weighted by molar-refractivity contribution is -0.122. The number of amides is 1. The fourth-order valence-electron chi connectivity index (χ4n) is 3.59. The number of pyridine rings is 1. The van der Waals surface area contributed by atoms with Crippen molar-refractivity contribution in [2.45, 2.75) is 39.7 Å². The number of aryl methyl sites for hydroxylation is 1. The lowest BCUT2D eigenvalue weighted by Gasteiger charge is -2.14. The molecule has 1 aromatic carbocycles. The van der Waals surface area contributed by atoms with Gasteiger partial charge in [-0.15, -0.1) is 0 Å². The molecular formula is C25H26N4O2S2. The van der Waals surface area contributed by atoms with Gasteiger partial charge in [-0.3, -0.25) is 18.9 Å². The maximum atomic E-state index is 13.3. The average Bonchev–Trinajstić information content (AvgIpc) is 3.07. The van der Waals surface area contributed by atoms with Crippen LogP contribution >= 0.6 is 24.0 Å². The van der Waals surface area contributed by atoms with E-state index in [1.54, 1.807) is 29.3 Å². The van der Waals surface area contributed by atoms with Crippen LogP contribution in [0.5, 0.6) is 0 Å². The Morgan fingerprint density at radius 2 is 1.91 bits per heavy atom. The molecule has 3 aromatic rings. The van der Waals surface area contributed by atoms with Gasteiger partial charge in [0.05, 0.1) is 17.0 Å². The molecule has 3 heterocycles. The number of hydrogen-bond acceptors (Lipinski definition) is 6. The predicted octanol–water partition coefficient (Wildman–Crippen LogP) is 5.01. The van der Waals surface area contributed by atoms with Gasteiger partial charge in [0.15, 0.2) is 0 Å². The van der Waals surface area contributed by atoms with Crippen LogP contribution in [0.2, 0.25) is 0 Å². The van der Waals surface area contributed by atoms with Crippen LogP contribution in [0.15, 0.2) is 58.4 Å². The summed E-state index contributed by atoms with van der Waals surface area (Å²) < 4.78 is 1.98. The number of aromatic nitrogens is 2. The van der Waals surface area contributed by atoms with Gasteiger partial charge in [-0.25, -0.2) is 4.98 Å². The third-order valence-corrected chi connectivity index (χ3v) is 6.83. The van der Waals surface area contributed by atoms with Crippen molar-refractivity contribution < 1.29 is 4.79 Å². The lowest BCUT2D eigenvalue weighted by atomic mass is 10.1. The minimum Gasteiger partial charge on any atom is -0.369 e. The number of unbranched alkanes of at least 4 members (excludes halogenated alkanes) is 2. The van der Waals surface area contributed by atoms with Crippen molar-refractivity contribution >= 4 is 51.7 Å². The quantitative estimate of drug-likeness (QED) is 0.279. The van der Waals surface area contributed by atoms with Gasteiger partial charge in [0.25, 0.3) is 11.5 Å². The molecule has 0 atom stereocenters. The van der Waals surface area contributed by atoms with Crippen LogP contribution in [0.3, 0.4) is 0 Å². The number of hydrogen-bond donors (Lipinski definition) is 1. The first-order chi connectivity index (χ1) is 16.0. The minimum atomic E-state index is -0.220. The summed E-state index contributed by atoms with van der Waals surface area (Å²) in [7, 11) is 0. The van der Waals surface area contributed by atoms with Crippen molar-refractivity contribution in [3.05, 3.63) is 80.6 Å². The first kappa shape index (κ1) is 23.2. The van der Waals surface area contributed by atoms with Crippen LogP contribution in [0, 0.1) is 6.92 Å². The summed E-state index contributed by atoms with van der Waals surface area (Å²) >= 11 is 6.71. The van der Waals surface area contributed by atoms with Crippen molar-refractivity contribution in [3.8, 4) is 0 Å². The summed E-state index contributed by atoms with van der Waals surface area (Å²) in [5.74, 6) is 0.297. The van der Waals surface area contributed by atoms with Crippen molar-refractivity contribution in [2.75, 3.05) is 11.9 Å².